The van der Waals surface area contributed by atoms with Crippen molar-refractivity contribution in [1.82, 2.24) is 4.90 Å². The number of benzene rings is 1. The number of hydrogen-bond donors (Lipinski definition) is 1. The number of carbonyl (C=O) groups is 1. The number of anilines is 1. The number of fused-ring (bicyclic) bond motifs is 1. The predicted molar refractivity (Wildman–Crippen MR) is 101 cm³/mol. The van der Waals surface area contributed by atoms with Gasteiger partial charge in [-0.2, -0.15) is 11.8 Å². The Hall–Kier alpha value is -1.36. The van der Waals surface area contributed by atoms with Crippen molar-refractivity contribution < 1.29 is 9.53 Å². The van der Waals surface area contributed by atoms with Gasteiger partial charge in [-0.05, 0) is 63.5 Å². The van der Waals surface area contributed by atoms with Crippen molar-refractivity contribution in [2.75, 3.05) is 24.7 Å². The molecule has 1 fully saturated rings. The number of ether oxygens (including phenoxy) is 1. The zero-order valence-corrected chi connectivity index (χ0v) is 16.0. The zero-order chi connectivity index (χ0) is 17.4. The van der Waals surface area contributed by atoms with E-state index in [9.17, 15) is 4.79 Å². The lowest BCUT2D eigenvalue weighted by Gasteiger charge is -2.32. The molecule has 1 aromatic rings. The Balaban J connectivity index is 1.71. The van der Waals surface area contributed by atoms with E-state index in [0.29, 0.717) is 11.3 Å². The summed E-state index contributed by atoms with van der Waals surface area (Å²) in [6, 6.07) is 6.42. The molecule has 0 bridgehead atoms. The van der Waals surface area contributed by atoms with Crippen LogP contribution in [0.1, 0.15) is 44.7 Å². The summed E-state index contributed by atoms with van der Waals surface area (Å²) in [4.78, 5) is 14.2. The summed E-state index contributed by atoms with van der Waals surface area (Å²) < 4.78 is 5.96. The molecule has 3 rings (SSSR count). The van der Waals surface area contributed by atoms with Gasteiger partial charge in [0.2, 0.25) is 0 Å². The molecular weight excluding hydrogens is 320 g/mol. The van der Waals surface area contributed by atoms with Crippen molar-refractivity contribution in [3.05, 3.63) is 29.3 Å². The third-order valence-electron chi connectivity index (χ3n) is 4.77. The van der Waals surface area contributed by atoms with Gasteiger partial charge in [-0.1, -0.05) is 12.1 Å². The SMILES string of the molecule is CSC1(CNc2cccc3c2CN(C(=O)OC(C)(C)C)CC3)CC1. The Morgan fingerprint density at radius 2 is 2.12 bits per heavy atom. The first-order chi connectivity index (χ1) is 11.3. The van der Waals surface area contributed by atoms with Crippen LogP contribution in [-0.4, -0.2) is 40.7 Å². The average Bonchev–Trinajstić information content (AvgIpc) is 3.31. The van der Waals surface area contributed by atoms with Gasteiger partial charge in [0, 0.05) is 23.5 Å². The van der Waals surface area contributed by atoms with Crippen molar-refractivity contribution in [3.8, 4) is 0 Å². The average molecular weight is 349 g/mol. The van der Waals surface area contributed by atoms with Gasteiger partial charge >= 0.3 is 6.09 Å². The van der Waals surface area contributed by atoms with Gasteiger partial charge in [-0.25, -0.2) is 4.79 Å². The molecular formula is C19H28N2O2S. The molecule has 132 valence electrons. The molecule has 0 atom stereocenters. The molecule has 1 heterocycles. The minimum absolute atomic E-state index is 0.217. The molecule has 1 N–H and O–H groups in total. The third-order valence-corrected chi connectivity index (χ3v) is 6.19. The fraction of sp³-hybridized carbons (Fsp3) is 0.632. The van der Waals surface area contributed by atoms with Gasteiger partial charge in [0.15, 0.2) is 0 Å². The Bertz CT molecular complexity index is 620. The van der Waals surface area contributed by atoms with Crippen LogP contribution in [0.15, 0.2) is 18.2 Å². The summed E-state index contributed by atoms with van der Waals surface area (Å²) in [5.74, 6) is 0. The molecule has 5 heteroatoms. The van der Waals surface area contributed by atoms with Crippen molar-refractivity contribution in [1.29, 1.82) is 0 Å². The van der Waals surface area contributed by atoms with E-state index in [2.05, 4.69) is 29.8 Å². The van der Waals surface area contributed by atoms with E-state index in [1.165, 1.54) is 29.7 Å². The summed E-state index contributed by atoms with van der Waals surface area (Å²) in [6.07, 6.45) is 5.45. The number of nitrogens with one attached hydrogen (secondary N) is 1. The van der Waals surface area contributed by atoms with E-state index in [0.717, 1.165) is 19.5 Å². The topological polar surface area (TPSA) is 41.6 Å². The van der Waals surface area contributed by atoms with Crippen LogP contribution in [0, 0.1) is 0 Å². The van der Waals surface area contributed by atoms with Crippen LogP contribution in [-0.2, 0) is 17.7 Å². The molecule has 4 nitrogen and oxygen atoms in total. The maximum absolute atomic E-state index is 12.4. The highest BCUT2D eigenvalue weighted by Crippen LogP contribution is 2.47. The molecule has 0 spiro atoms. The van der Waals surface area contributed by atoms with E-state index >= 15 is 0 Å². The molecule has 0 unspecified atom stereocenters. The maximum atomic E-state index is 12.4. The van der Waals surface area contributed by atoms with Crippen molar-refractivity contribution in [3.63, 3.8) is 0 Å². The van der Waals surface area contributed by atoms with Crippen LogP contribution in [0.2, 0.25) is 0 Å². The van der Waals surface area contributed by atoms with Gasteiger partial charge in [0.05, 0.1) is 6.54 Å². The minimum atomic E-state index is -0.453. The highest BCUT2D eigenvalue weighted by Gasteiger charge is 2.41. The number of amides is 1. The third kappa shape index (κ3) is 4.00. The Labute approximate surface area is 149 Å². The molecule has 1 saturated carbocycles. The van der Waals surface area contributed by atoms with Crippen LogP contribution in [0.5, 0.6) is 0 Å². The van der Waals surface area contributed by atoms with Gasteiger partial charge in [-0.3, -0.25) is 0 Å². The molecule has 1 aromatic carbocycles. The molecule has 1 aliphatic heterocycles. The summed E-state index contributed by atoms with van der Waals surface area (Å²) in [7, 11) is 0. The second-order valence-electron chi connectivity index (χ2n) is 7.84. The first kappa shape index (κ1) is 17.5. The fourth-order valence-electron chi connectivity index (χ4n) is 3.08. The predicted octanol–water partition coefficient (Wildman–Crippen LogP) is 4.29. The summed E-state index contributed by atoms with van der Waals surface area (Å²) in [5, 5.41) is 3.63. The van der Waals surface area contributed by atoms with Crippen LogP contribution in [0.4, 0.5) is 10.5 Å². The van der Waals surface area contributed by atoms with Gasteiger partial charge < -0.3 is 15.0 Å². The van der Waals surface area contributed by atoms with E-state index in [1.807, 2.05) is 37.4 Å². The van der Waals surface area contributed by atoms with E-state index in [-0.39, 0.29) is 6.09 Å². The van der Waals surface area contributed by atoms with Crippen molar-refractivity contribution in [2.45, 2.75) is 56.9 Å². The van der Waals surface area contributed by atoms with Gasteiger partial charge in [0.25, 0.3) is 0 Å². The summed E-state index contributed by atoms with van der Waals surface area (Å²) in [5.41, 5.74) is 3.30. The first-order valence-electron chi connectivity index (χ1n) is 8.70. The highest BCUT2D eigenvalue weighted by molar-refractivity contribution is 8.00. The zero-order valence-electron chi connectivity index (χ0n) is 15.1. The maximum Gasteiger partial charge on any atom is 0.410 e. The van der Waals surface area contributed by atoms with Crippen LogP contribution >= 0.6 is 11.8 Å². The largest absolute Gasteiger partial charge is 0.444 e. The minimum Gasteiger partial charge on any atom is -0.444 e. The molecule has 2 aliphatic rings. The van der Waals surface area contributed by atoms with Crippen LogP contribution < -0.4 is 5.32 Å². The first-order valence-corrected chi connectivity index (χ1v) is 9.92. The number of carbonyl (C=O) groups excluding carboxylic acids is 1. The number of nitrogens with zero attached hydrogens (tertiary/aromatic N) is 1. The fourth-order valence-corrected chi connectivity index (χ4v) is 3.80. The van der Waals surface area contributed by atoms with Crippen LogP contribution in [0.3, 0.4) is 0 Å². The monoisotopic (exact) mass is 348 g/mol. The Morgan fingerprint density at radius 1 is 1.38 bits per heavy atom. The summed E-state index contributed by atoms with van der Waals surface area (Å²) >= 11 is 1.96. The second kappa shape index (κ2) is 6.51. The molecule has 1 amide bonds. The highest BCUT2D eigenvalue weighted by atomic mass is 32.2. The van der Waals surface area contributed by atoms with Crippen molar-refractivity contribution in [2.24, 2.45) is 0 Å². The van der Waals surface area contributed by atoms with Crippen LogP contribution in [0.25, 0.3) is 0 Å². The van der Waals surface area contributed by atoms with E-state index in [4.69, 9.17) is 4.74 Å². The normalized spacial score (nSPS) is 18.8. The van der Waals surface area contributed by atoms with Crippen molar-refractivity contribution >= 4 is 23.5 Å². The lowest BCUT2D eigenvalue weighted by molar-refractivity contribution is 0.0224. The lowest BCUT2D eigenvalue weighted by Crippen LogP contribution is -2.40. The molecule has 1 aliphatic carbocycles. The Morgan fingerprint density at radius 3 is 2.75 bits per heavy atom. The summed E-state index contributed by atoms with van der Waals surface area (Å²) in [6.45, 7) is 8.07. The molecule has 0 aromatic heterocycles. The quantitative estimate of drug-likeness (QED) is 0.881. The van der Waals surface area contributed by atoms with Gasteiger partial charge in [-0.15, -0.1) is 0 Å². The standard InChI is InChI=1S/C19H28N2O2S/c1-18(2,3)23-17(22)21-11-8-14-6-5-7-16(15(14)12-21)20-13-19(24-4)9-10-19/h5-7,20H,8-13H2,1-4H3. The second-order valence-corrected chi connectivity index (χ2v) is 9.11. The van der Waals surface area contributed by atoms with E-state index in [1.54, 1.807) is 0 Å². The smallest absolute Gasteiger partial charge is 0.410 e. The number of rotatable bonds is 4. The Kier molecular flexibility index (Phi) is 4.73. The number of hydrogen-bond acceptors (Lipinski definition) is 4. The number of thioether (sulfide) groups is 1. The molecule has 24 heavy (non-hydrogen) atoms. The van der Waals surface area contributed by atoms with E-state index < -0.39 is 5.60 Å². The molecule has 0 saturated heterocycles. The lowest BCUT2D eigenvalue weighted by atomic mass is 9.98. The van der Waals surface area contributed by atoms with Gasteiger partial charge in [0.1, 0.15) is 5.60 Å². The molecule has 0 radical (unpaired) electrons.